The molecule has 1 rings (SSSR count). The summed E-state index contributed by atoms with van der Waals surface area (Å²) in [5.41, 5.74) is 1.52. The van der Waals surface area contributed by atoms with Crippen molar-refractivity contribution in [2.24, 2.45) is 11.8 Å². The number of halogens is 1. The molecule has 0 bridgehead atoms. The summed E-state index contributed by atoms with van der Waals surface area (Å²) in [6, 6.07) is 8.49. The topological polar surface area (TPSA) is 21.3 Å². The van der Waals surface area contributed by atoms with Crippen molar-refractivity contribution in [2.45, 2.75) is 39.7 Å². The Hall–Kier alpha value is -0.380. The Morgan fingerprint density at radius 1 is 1.25 bits per heavy atom. The van der Waals surface area contributed by atoms with Crippen molar-refractivity contribution in [3.05, 3.63) is 34.3 Å². The van der Waals surface area contributed by atoms with Gasteiger partial charge in [0.05, 0.1) is 0 Å². The Kier molecular flexibility index (Phi) is 7.21. The molecule has 1 N–H and O–H groups in total. The minimum atomic E-state index is 0.152. The van der Waals surface area contributed by atoms with Crippen molar-refractivity contribution in [1.82, 2.24) is 5.32 Å². The maximum Gasteiger partial charge on any atom is 0.0491 e. The fourth-order valence-corrected chi connectivity index (χ4v) is 2.70. The SMILES string of the molecule is COCC(C)C(CNC(C)(C)C)Cc1ccccc1Br. The van der Waals surface area contributed by atoms with Gasteiger partial charge in [0.15, 0.2) is 0 Å². The predicted molar refractivity (Wildman–Crippen MR) is 90.1 cm³/mol. The van der Waals surface area contributed by atoms with Gasteiger partial charge in [0, 0.05) is 23.7 Å². The highest BCUT2D eigenvalue weighted by atomic mass is 79.9. The van der Waals surface area contributed by atoms with Crippen LogP contribution in [0.15, 0.2) is 28.7 Å². The van der Waals surface area contributed by atoms with Gasteiger partial charge in [-0.05, 0) is 57.2 Å². The molecule has 20 heavy (non-hydrogen) atoms. The Labute approximate surface area is 132 Å². The van der Waals surface area contributed by atoms with Gasteiger partial charge in [-0.3, -0.25) is 0 Å². The van der Waals surface area contributed by atoms with Crippen LogP contribution < -0.4 is 5.32 Å². The fourth-order valence-electron chi connectivity index (χ4n) is 2.26. The zero-order chi connectivity index (χ0) is 15.2. The monoisotopic (exact) mass is 341 g/mol. The van der Waals surface area contributed by atoms with E-state index in [9.17, 15) is 0 Å². The van der Waals surface area contributed by atoms with Crippen LogP contribution in [0.1, 0.15) is 33.3 Å². The van der Waals surface area contributed by atoms with Crippen LogP contribution in [-0.4, -0.2) is 25.8 Å². The van der Waals surface area contributed by atoms with Gasteiger partial charge in [0.25, 0.3) is 0 Å². The summed E-state index contributed by atoms with van der Waals surface area (Å²) in [6.07, 6.45) is 1.06. The lowest BCUT2D eigenvalue weighted by Crippen LogP contribution is -2.41. The quantitative estimate of drug-likeness (QED) is 0.799. The highest BCUT2D eigenvalue weighted by Gasteiger charge is 2.21. The lowest BCUT2D eigenvalue weighted by Gasteiger charge is -2.29. The van der Waals surface area contributed by atoms with Crippen molar-refractivity contribution in [3.8, 4) is 0 Å². The number of methoxy groups -OCH3 is 1. The maximum atomic E-state index is 5.34. The molecule has 0 aliphatic heterocycles. The molecule has 0 aliphatic rings. The number of hydrogen-bond donors (Lipinski definition) is 1. The van der Waals surface area contributed by atoms with E-state index >= 15 is 0 Å². The molecule has 0 radical (unpaired) electrons. The summed E-state index contributed by atoms with van der Waals surface area (Å²) in [7, 11) is 1.78. The summed E-state index contributed by atoms with van der Waals surface area (Å²) in [6.45, 7) is 10.7. The highest BCUT2D eigenvalue weighted by molar-refractivity contribution is 9.10. The Morgan fingerprint density at radius 3 is 2.45 bits per heavy atom. The third kappa shape index (κ3) is 6.38. The molecule has 2 unspecified atom stereocenters. The van der Waals surface area contributed by atoms with E-state index in [0.29, 0.717) is 11.8 Å². The number of benzene rings is 1. The molecule has 1 aromatic rings. The first-order valence-electron chi connectivity index (χ1n) is 7.31. The Morgan fingerprint density at radius 2 is 1.90 bits per heavy atom. The molecule has 2 nitrogen and oxygen atoms in total. The lowest BCUT2D eigenvalue weighted by atomic mass is 9.87. The number of ether oxygens (including phenoxy) is 1. The summed E-state index contributed by atoms with van der Waals surface area (Å²) < 4.78 is 6.54. The van der Waals surface area contributed by atoms with Gasteiger partial charge in [-0.25, -0.2) is 0 Å². The van der Waals surface area contributed by atoms with Crippen molar-refractivity contribution in [3.63, 3.8) is 0 Å². The van der Waals surface area contributed by atoms with E-state index in [4.69, 9.17) is 4.74 Å². The molecule has 3 heteroatoms. The molecule has 114 valence electrons. The summed E-state index contributed by atoms with van der Waals surface area (Å²) in [4.78, 5) is 0. The van der Waals surface area contributed by atoms with Gasteiger partial charge in [0.1, 0.15) is 0 Å². The first-order valence-corrected chi connectivity index (χ1v) is 8.10. The van der Waals surface area contributed by atoms with Gasteiger partial charge >= 0.3 is 0 Å². The van der Waals surface area contributed by atoms with Crippen molar-refractivity contribution in [2.75, 3.05) is 20.3 Å². The van der Waals surface area contributed by atoms with Crippen LogP contribution in [0.2, 0.25) is 0 Å². The van der Waals surface area contributed by atoms with E-state index < -0.39 is 0 Å². The van der Waals surface area contributed by atoms with Gasteiger partial charge in [0.2, 0.25) is 0 Å². The van der Waals surface area contributed by atoms with Gasteiger partial charge in [-0.1, -0.05) is 41.1 Å². The molecule has 0 aliphatic carbocycles. The van der Waals surface area contributed by atoms with Crippen molar-refractivity contribution in [1.29, 1.82) is 0 Å². The molecule has 1 aromatic carbocycles. The fraction of sp³-hybridized carbons (Fsp3) is 0.647. The summed E-state index contributed by atoms with van der Waals surface area (Å²) >= 11 is 3.65. The number of rotatable bonds is 7. The lowest BCUT2D eigenvalue weighted by molar-refractivity contribution is 0.125. The molecule has 0 spiro atoms. The minimum Gasteiger partial charge on any atom is -0.384 e. The third-order valence-electron chi connectivity index (χ3n) is 3.57. The maximum absolute atomic E-state index is 5.34. The Balaban J connectivity index is 2.74. The van der Waals surface area contributed by atoms with E-state index in [-0.39, 0.29) is 5.54 Å². The first kappa shape index (κ1) is 17.7. The summed E-state index contributed by atoms with van der Waals surface area (Å²) in [5, 5.41) is 3.63. The van der Waals surface area contributed by atoms with Crippen LogP contribution in [0.4, 0.5) is 0 Å². The van der Waals surface area contributed by atoms with Crippen LogP contribution in [0, 0.1) is 11.8 Å². The largest absolute Gasteiger partial charge is 0.384 e. The average Bonchev–Trinajstić information content (AvgIpc) is 2.35. The van der Waals surface area contributed by atoms with E-state index in [0.717, 1.165) is 19.6 Å². The molecule has 0 aromatic heterocycles. The van der Waals surface area contributed by atoms with Gasteiger partial charge in [-0.2, -0.15) is 0 Å². The third-order valence-corrected chi connectivity index (χ3v) is 4.34. The van der Waals surface area contributed by atoms with E-state index in [1.807, 2.05) is 0 Å². The van der Waals surface area contributed by atoms with E-state index in [1.165, 1.54) is 10.0 Å². The molecule has 0 fully saturated rings. The summed E-state index contributed by atoms with van der Waals surface area (Å²) in [5.74, 6) is 1.09. The zero-order valence-electron chi connectivity index (χ0n) is 13.4. The smallest absolute Gasteiger partial charge is 0.0491 e. The predicted octanol–water partition coefficient (Wildman–Crippen LogP) is 4.28. The number of hydrogen-bond acceptors (Lipinski definition) is 2. The van der Waals surface area contributed by atoms with Gasteiger partial charge < -0.3 is 10.1 Å². The van der Waals surface area contributed by atoms with Crippen molar-refractivity contribution >= 4 is 15.9 Å². The average molecular weight is 342 g/mol. The molecular weight excluding hydrogens is 314 g/mol. The first-order chi connectivity index (χ1) is 9.33. The van der Waals surface area contributed by atoms with Crippen LogP contribution >= 0.6 is 15.9 Å². The van der Waals surface area contributed by atoms with Crippen LogP contribution in [-0.2, 0) is 11.2 Å². The molecule has 0 heterocycles. The molecular formula is C17H28BrNO. The van der Waals surface area contributed by atoms with Gasteiger partial charge in [-0.15, -0.1) is 0 Å². The zero-order valence-corrected chi connectivity index (χ0v) is 15.0. The van der Waals surface area contributed by atoms with Crippen LogP contribution in [0.25, 0.3) is 0 Å². The Bertz CT molecular complexity index is 400. The van der Waals surface area contributed by atoms with Crippen molar-refractivity contribution < 1.29 is 4.74 Å². The molecule has 2 atom stereocenters. The van der Waals surface area contributed by atoms with Crippen LogP contribution in [0.3, 0.4) is 0 Å². The van der Waals surface area contributed by atoms with Crippen LogP contribution in [0.5, 0.6) is 0 Å². The normalized spacial score (nSPS) is 15.1. The standard InChI is InChI=1S/C17H28BrNO/c1-13(12-20-5)15(11-19-17(2,3)4)10-14-8-6-7-9-16(14)18/h6-9,13,15,19H,10-12H2,1-5H3. The second kappa shape index (κ2) is 8.16. The van der Waals surface area contributed by atoms with E-state index in [2.05, 4.69) is 73.2 Å². The molecule has 0 saturated heterocycles. The van der Waals surface area contributed by atoms with E-state index in [1.54, 1.807) is 7.11 Å². The highest BCUT2D eigenvalue weighted by Crippen LogP contribution is 2.24. The number of nitrogens with one attached hydrogen (secondary N) is 1. The second-order valence-corrected chi connectivity index (χ2v) is 7.47. The minimum absolute atomic E-state index is 0.152. The second-order valence-electron chi connectivity index (χ2n) is 6.62. The molecule has 0 amide bonds. The molecule has 0 saturated carbocycles.